The predicted octanol–water partition coefficient (Wildman–Crippen LogP) is 2.61. The van der Waals surface area contributed by atoms with E-state index in [1.165, 1.54) is 4.88 Å². The van der Waals surface area contributed by atoms with Crippen molar-refractivity contribution in [1.29, 1.82) is 0 Å². The van der Waals surface area contributed by atoms with Gasteiger partial charge in [-0.3, -0.25) is 9.69 Å². The molecule has 1 fully saturated rings. The number of carboxylic acids is 1. The molecule has 0 atom stereocenters. The van der Waals surface area contributed by atoms with Gasteiger partial charge in [0, 0.05) is 23.0 Å². The van der Waals surface area contributed by atoms with Crippen LogP contribution in [0.3, 0.4) is 0 Å². The van der Waals surface area contributed by atoms with E-state index in [1.54, 1.807) is 11.3 Å². The van der Waals surface area contributed by atoms with Crippen molar-refractivity contribution in [2.75, 3.05) is 13.1 Å². The van der Waals surface area contributed by atoms with Gasteiger partial charge in [0.15, 0.2) is 0 Å². The fourth-order valence-corrected chi connectivity index (χ4v) is 3.70. The van der Waals surface area contributed by atoms with Crippen molar-refractivity contribution >= 4 is 23.3 Å². The van der Waals surface area contributed by atoms with Crippen molar-refractivity contribution in [3.8, 4) is 0 Å². The Kier molecular flexibility index (Phi) is 6.62. The molecule has 2 N–H and O–H groups in total. The highest BCUT2D eigenvalue weighted by atomic mass is 32.1. The number of nitrogens with one attached hydrogen (secondary N) is 1. The first kappa shape index (κ1) is 18.7. The Morgan fingerprint density at radius 1 is 1.42 bits per heavy atom. The number of thiophene rings is 1. The molecule has 2 rings (SSSR count). The number of urea groups is 1. The highest BCUT2D eigenvalue weighted by Crippen LogP contribution is 2.26. The summed E-state index contributed by atoms with van der Waals surface area (Å²) in [5.41, 5.74) is 0. The third kappa shape index (κ3) is 4.95. The third-order valence-electron chi connectivity index (χ3n) is 4.49. The summed E-state index contributed by atoms with van der Waals surface area (Å²) in [4.78, 5) is 28.4. The number of amides is 2. The van der Waals surface area contributed by atoms with Crippen LogP contribution in [0, 0.1) is 0 Å². The molecular weight excluding hydrogens is 326 g/mol. The van der Waals surface area contributed by atoms with Gasteiger partial charge in [0.2, 0.25) is 0 Å². The largest absolute Gasteiger partial charge is 0.480 e. The average molecular weight is 353 g/mol. The highest BCUT2D eigenvalue weighted by molar-refractivity contribution is 7.09. The lowest BCUT2D eigenvalue weighted by Gasteiger charge is -2.43. The SMILES string of the molecule is CCN(CC(=O)O)C1CC(NC(=O)N(Cc2cccs2)C(C)C)C1. The van der Waals surface area contributed by atoms with E-state index >= 15 is 0 Å². The molecule has 0 spiro atoms. The van der Waals surface area contributed by atoms with Crippen LogP contribution in [0.2, 0.25) is 0 Å². The van der Waals surface area contributed by atoms with E-state index in [9.17, 15) is 9.59 Å². The molecule has 0 unspecified atom stereocenters. The van der Waals surface area contributed by atoms with Gasteiger partial charge >= 0.3 is 12.0 Å². The van der Waals surface area contributed by atoms with E-state index in [2.05, 4.69) is 5.32 Å². The number of hydrogen-bond donors (Lipinski definition) is 2. The van der Waals surface area contributed by atoms with E-state index in [4.69, 9.17) is 5.11 Å². The molecule has 1 aromatic rings. The lowest BCUT2D eigenvalue weighted by molar-refractivity contribution is -0.139. The minimum Gasteiger partial charge on any atom is -0.480 e. The number of carboxylic acid groups (broad SMARTS) is 1. The van der Waals surface area contributed by atoms with Crippen molar-refractivity contribution in [3.63, 3.8) is 0 Å². The van der Waals surface area contributed by atoms with Crippen LogP contribution in [-0.2, 0) is 11.3 Å². The first-order valence-corrected chi connectivity index (χ1v) is 9.34. The van der Waals surface area contributed by atoms with Gasteiger partial charge in [-0.25, -0.2) is 4.79 Å². The van der Waals surface area contributed by atoms with Crippen LogP contribution in [0.15, 0.2) is 17.5 Å². The van der Waals surface area contributed by atoms with E-state index in [0.717, 1.165) is 12.8 Å². The Balaban J connectivity index is 1.82. The fourth-order valence-electron chi connectivity index (χ4n) is 2.99. The maximum atomic E-state index is 12.5. The molecule has 0 radical (unpaired) electrons. The zero-order valence-electron chi connectivity index (χ0n) is 14.6. The lowest BCUT2D eigenvalue weighted by atomic mass is 9.85. The van der Waals surface area contributed by atoms with Gasteiger partial charge in [0.1, 0.15) is 0 Å². The topological polar surface area (TPSA) is 72.9 Å². The molecule has 0 aliphatic heterocycles. The molecule has 1 aromatic heterocycles. The smallest absolute Gasteiger partial charge is 0.318 e. The fraction of sp³-hybridized carbons (Fsp3) is 0.647. The standard InChI is InChI=1S/C17H27N3O3S/c1-4-19(11-16(21)22)14-8-13(9-14)18-17(23)20(12(2)3)10-15-6-5-7-24-15/h5-7,12-14H,4,8-11H2,1-3H3,(H,18,23)(H,21,22). The van der Waals surface area contributed by atoms with Crippen molar-refractivity contribution < 1.29 is 14.7 Å². The molecule has 6 nitrogen and oxygen atoms in total. The summed E-state index contributed by atoms with van der Waals surface area (Å²) in [6.45, 7) is 7.41. The molecule has 0 bridgehead atoms. The second kappa shape index (κ2) is 8.48. The summed E-state index contributed by atoms with van der Waals surface area (Å²) in [5.74, 6) is -0.800. The first-order chi connectivity index (χ1) is 11.4. The molecule has 1 aliphatic carbocycles. The molecule has 1 heterocycles. The maximum absolute atomic E-state index is 12.5. The Morgan fingerprint density at radius 2 is 2.12 bits per heavy atom. The summed E-state index contributed by atoms with van der Waals surface area (Å²) >= 11 is 1.65. The number of aliphatic carboxylic acids is 1. The second-order valence-electron chi connectivity index (χ2n) is 6.53. The molecular formula is C17H27N3O3S. The van der Waals surface area contributed by atoms with E-state index in [-0.39, 0.29) is 30.7 Å². The number of rotatable bonds is 8. The average Bonchev–Trinajstić information content (AvgIpc) is 2.98. The molecule has 134 valence electrons. The third-order valence-corrected chi connectivity index (χ3v) is 5.35. The highest BCUT2D eigenvalue weighted by Gasteiger charge is 2.35. The lowest BCUT2D eigenvalue weighted by Crippen LogP contribution is -2.57. The predicted molar refractivity (Wildman–Crippen MR) is 95.2 cm³/mol. The Hall–Kier alpha value is -1.60. The number of hydrogen-bond acceptors (Lipinski definition) is 4. The van der Waals surface area contributed by atoms with Gasteiger partial charge in [-0.1, -0.05) is 13.0 Å². The van der Waals surface area contributed by atoms with Crippen LogP contribution < -0.4 is 5.32 Å². The van der Waals surface area contributed by atoms with Crippen LogP contribution in [0.5, 0.6) is 0 Å². The van der Waals surface area contributed by atoms with Gasteiger partial charge in [-0.05, 0) is 44.7 Å². The molecule has 24 heavy (non-hydrogen) atoms. The van der Waals surface area contributed by atoms with Crippen LogP contribution in [-0.4, -0.2) is 58.1 Å². The number of carbonyl (C=O) groups is 2. The number of likely N-dealkylation sites (N-methyl/N-ethyl adjacent to an activating group) is 1. The van der Waals surface area contributed by atoms with Gasteiger partial charge < -0.3 is 15.3 Å². The van der Waals surface area contributed by atoms with Crippen LogP contribution in [0.4, 0.5) is 4.79 Å². The first-order valence-electron chi connectivity index (χ1n) is 8.46. The zero-order valence-corrected chi connectivity index (χ0v) is 15.4. The van der Waals surface area contributed by atoms with Crippen LogP contribution in [0.25, 0.3) is 0 Å². The van der Waals surface area contributed by atoms with Crippen LogP contribution in [0.1, 0.15) is 38.5 Å². The van der Waals surface area contributed by atoms with Crippen LogP contribution >= 0.6 is 11.3 Å². The Morgan fingerprint density at radius 3 is 2.62 bits per heavy atom. The molecule has 1 aliphatic rings. The second-order valence-corrected chi connectivity index (χ2v) is 7.56. The van der Waals surface area contributed by atoms with Crippen molar-refractivity contribution in [2.24, 2.45) is 0 Å². The molecule has 1 saturated carbocycles. The van der Waals surface area contributed by atoms with Crippen molar-refractivity contribution in [1.82, 2.24) is 15.1 Å². The van der Waals surface area contributed by atoms with Gasteiger partial charge in [0.25, 0.3) is 0 Å². The maximum Gasteiger partial charge on any atom is 0.318 e. The molecule has 2 amide bonds. The van der Waals surface area contributed by atoms with Gasteiger partial charge in [-0.15, -0.1) is 11.3 Å². The quantitative estimate of drug-likeness (QED) is 0.753. The summed E-state index contributed by atoms with van der Waals surface area (Å²) < 4.78 is 0. The van der Waals surface area contributed by atoms with E-state index < -0.39 is 5.97 Å². The minimum absolute atomic E-state index is 0.0388. The summed E-state index contributed by atoms with van der Waals surface area (Å²) in [5, 5.41) is 14.0. The summed E-state index contributed by atoms with van der Waals surface area (Å²) in [6.07, 6.45) is 1.63. The molecule has 0 aromatic carbocycles. The van der Waals surface area contributed by atoms with Gasteiger partial charge in [0.05, 0.1) is 13.1 Å². The molecule has 7 heteroatoms. The molecule has 0 saturated heterocycles. The zero-order chi connectivity index (χ0) is 17.7. The van der Waals surface area contributed by atoms with Crippen molar-refractivity contribution in [3.05, 3.63) is 22.4 Å². The monoisotopic (exact) mass is 353 g/mol. The summed E-state index contributed by atoms with van der Waals surface area (Å²) in [6, 6.07) is 4.51. The normalized spacial score (nSPS) is 20.0. The van der Waals surface area contributed by atoms with Crippen molar-refractivity contribution in [2.45, 2.75) is 58.3 Å². The van der Waals surface area contributed by atoms with E-state index in [1.807, 2.05) is 48.1 Å². The Bertz CT molecular complexity index is 541. The van der Waals surface area contributed by atoms with Gasteiger partial charge in [-0.2, -0.15) is 0 Å². The number of nitrogens with zero attached hydrogens (tertiary/aromatic N) is 2. The Labute approximate surface area is 147 Å². The summed E-state index contributed by atoms with van der Waals surface area (Å²) in [7, 11) is 0. The minimum atomic E-state index is -0.800. The number of carbonyl (C=O) groups excluding carboxylic acids is 1. The van der Waals surface area contributed by atoms with E-state index in [0.29, 0.717) is 13.1 Å².